The molecular weight excluding hydrogens is 517 g/mol. The van der Waals surface area contributed by atoms with Gasteiger partial charge in [-0.05, 0) is 71.3 Å². The number of fused-ring (bicyclic) bond motifs is 1. The number of benzene rings is 1. The zero-order valence-corrected chi connectivity index (χ0v) is 23.3. The van der Waals surface area contributed by atoms with Gasteiger partial charge in [-0.3, -0.25) is 4.79 Å². The number of alkyl carbamates (subject to hydrolysis) is 1. The van der Waals surface area contributed by atoms with Crippen molar-refractivity contribution in [3.05, 3.63) is 36.0 Å². The van der Waals surface area contributed by atoms with Crippen molar-refractivity contribution in [2.75, 3.05) is 13.7 Å². The van der Waals surface area contributed by atoms with Crippen LogP contribution in [0, 0.1) is 11.7 Å². The molecule has 5 rings (SSSR count). The van der Waals surface area contributed by atoms with E-state index in [9.17, 15) is 14.0 Å². The van der Waals surface area contributed by atoms with Gasteiger partial charge in [-0.1, -0.05) is 0 Å². The molecule has 1 aromatic carbocycles. The Morgan fingerprint density at radius 3 is 2.38 bits per heavy atom. The zero-order chi connectivity index (χ0) is 28.4. The molecule has 11 heteroatoms. The first-order valence-electron chi connectivity index (χ1n) is 13.7. The van der Waals surface area contributed by atoms with E-state index >= 15 is 0 Å². The Morgan fingerprint density at radius 1 is 1.02 bits per heavy atom. The lowest BCUT2D eigenvalue weighted by Gasteiger charge is -2.30. The Bertz CT molecular complexity index is 1390. The van der Waals surface area contributed by atoms with E-state index in [2.05, 4.69) is 25.6 Å². The normalized spacial score (nSPS) is 19.2. The molecule has 0 aliphatic heterocycles. The summed E-state index contributed by atoms with van der Waals surface area (Å²) in [5.41, 5.74) is 1.67. The molecule has 2 aliphatic carbocycles. The quantitative estimate of drug-likeness (QED) is 0.353. The van der Waals surface area contributed by atoms with Crippen LogP contribution < -0.4 is 20.1 Å². The molecule has 3 aromatic rings. The predicted octanol–water partition coefficient (Wildman–Crippen LogP) is 5.13. The molecule has 2 aromatic heterocycles. The highest BCUT2D eigenvalue weighted by molar-refractivity contribution is 6.08. The van der Waals surface area contributed by atoms with Gasteiger partial charge in [-0.2, -0.15) is 0 Å². The molecule has 2 aliphatic rings. The van der Waals surface area contributed by atoms with Crippen LogP contribution in [0.3, 0.4) is 0 Å². The number of hydrogen-bond acceptors (Lipinski definition) is 7. The summed E-state index contributed by atoms with van der Waals surface area (Å²) in [6, 6.07) is 2.85. The van der Waals surface area contributed by atoms with E-state index in [1.165, 1.54) is 25.6 Å². The average molecular weight is 554 g/mol. The molecule has 2 amide bonds. The van der Waals surface area contributed by atoms with Crippen LogP contribution in [0.15, 0.2) is 24.7 Å². The van der Waals surface area contributed by atoms with E-state index in [1.807, 2.05) is 20.8 Å². The van der Waals surface area contributed by atoms with Crippen LogP contribution in [0.5, 0.6) is 11.5 Å². The van der Waals surface area contributed by atoms with Crippen molar-refractivity contribution < 1.29 is 28.2 Å². The lowest BCUT2D eigenvalue weighted by atomic mass is 9.91. The number of aromatic nitrogens is 3. The maximum absolute atomic E-state index is 14.8. The second-order valence-electron chi connectivity index (χ2n) is 11.6. The first-order chi connectivity index (χ1) is 19.1. The lowest BCUT2D eigenvalue weighted by Crippen LogP contribution is -2.45. The topological polar surface area (TPSA) is 127 Å². The number of nitrogens with one attached hydrogen (secondary N) is 3. The summed E-state index contributed by atoms with van der Waals surface area (Å²) in [4.78, 5) is 37.2. The van der Waals surface area contributed by atoms with Gasteiger partial charge >= 0.3 is 6.09 Å². The third kappa shape index (κ3) is 6.46. The highest BCUT2D eigenvalue weighted by atomic mass is 19.1. The van der Waals surface area contributed by atoms with Crippen LogP contribution in [-0.4, -0.2) is 58.4 Å². The number of carbonyl (C=O) groups excluding carboxylic acids is 2. The van der Waals surface area contributed by atoms with Crippen molar-refractivity contribution in [1.82, 2.24) is 25.6 Å². The number of aromatic amines is 1. The summed E-state index contributed by atoms with van der Waals surface area (Å²) in [7, 11) is 1.41. The molecule has 40 heavy (non-hydrogen) atoms. The van der Waals surface area contributed by atoms with Crippen molar-refractivity contribution >= 4 is 23.0 Å². The number of rotatable bonds is 8. The van der Waals surface area contributed by atoms with Crippen molar-refractivity contribution in [3.8, 4) is 22.8 Å². The molecule has 3 N–H and O–H groups in total. The van der Waals surface area contributed by atoms with Crippen molar-refractivity contribution in [2.24, 2.45) is 5.92 Å². The van der Waals surface area contributed by atoms with E-state index in [4.69, 9.17) is 14.2 Å². The molecular formula is C29H36FN5O5. The molecule has 0 spiro atoms. The number of ether oxygens (including phenoxy) is 3. The van der Waals surface area contributed by atoms with Gasteiger partial charge in [0.2, 0.25) is 0 Å². The van der Waals surface area contributed by atoms with Gasteiger partial charge in [0.25, 0.3) is 5.91 Å². The van der Waals surface area contributed by atoms with Crippen LogP contribution >= 0.6 is 0 Å². The van der Waals surface area contributed by atoms with Gasteiger partial charge < -0.3 is 29.8 Å². The van der Waals surface area contributed by atoms with Crippen molar-refractivity contribution in [2.45, 2.75) is 77.0 Å². The number of hydrogen-bond donors (Lipinski definition) is 3. The third-order valence-electron chi connectivity index (χ3n) is 7.17. The molecule has 0 saturated heterocycles. The summed E-state index contributed by atoms with van der Waals surface area (Å²) in [5.74, 6) is 0.248. The second-order valence-corrected chi connectivity index (χ2v) is 11.6. The Kier molecular flexibility index (Phi) is 7.82. The molecule has 0 radical (unpaired) electrons. The number of halogens is 1. The summed E-state index contributed by atoms with van der Waals surface area (Å²) in [6.07, 6.45) is 7.68. The summed E-state index contributed by atoms with van der Waals surface area (Å²) >= 11 is 0. The predicted molar refractivity (Wildman–Crippen MR) is 147 cm³/mol. The minimum Gasteiger partial charge on any atom is -0.494 e. The van der Waals surface area contributed by atoms with Gasteiger partial charge in [0.15, 0.2) is 11.6 Å². The Labute approximate surface area is 232 Å². The lowest BCUT2D eigenvalue weighted by molar-refractivity contribution is 0.0488. The van der Waals surface area contributed by atoms with E-state index in [-0.39, 0.29) is 23.7 Å². The molecule has 2 saturated carbocycles. The number of amides is 2. The molecule has 2 fully saturated rings. The average Bonchev–Trinajstić information content (AvgIpc) is 3.63. The largest absolute Gasteiger partial charge is 0.494 e. The van der Waals surface area contributed by atoms with Crippen LogP contribution in [0.4, 0.5) is 9.18 Å². The highest BCUT2D eigenvalue weighted by Gasteiger charge is 2.28. The van der Waals surface area contributed by atoms with E-state index in [0.29, 0.717) is 46.1 Å². The maximum Gasteiger partial charge on any atom is 0.407 e. The minimum absolute atomic E-state index is 0.00705. The first-order valence-corrected chi connectivity index (χ1v) is 13.7. The van der Waals surface area contributed by atoms with Gasteiger partial charge in [0.1, 0.15) is 28.9 Å². The zero-order valence-electron chi connectivity index (χ0n) is 23.3. The smallest absolute Gasteiger partial charge is 0.407 e. The van der Waals surface area contributed by atoms with E-state index in [0.717, 1.165) is 38.5 Å². The summed E-state index contributed by atoms with van der Waals surface area (Å²) < 4.78 is 31.3. The SMILES string of the molecule is COc1cc(OCC2CC2)c(-c2ncnc3c(C(=O)NC4CCC(NC(=O)OC(C)(C)C)CC4)c[nH]c23)cc1F. The number of H-pyrrole nitrogens is 1. The number of nitrogens with zero attached hydrogens (tertiary/aromatic N) is 2. The highest BCUT2D eigenvalue weighted by Crippen LogP contribution is 2.39. The van der Waals surface area contributed by atoms with Crippen molar-refractivity contribution in [1.29, 1.82) is 0 Å². The third-order valence-corrected chi connectivity index (χ3v) is 7.17. The van der Waals surface area contributed by atoms with Gasteiger partial charge in [-0.25, -0.2) is 19.2 Å². The van der Waals surface area contributed by atoms with E-state index in [1.54, 1.807) is 6.20 Å². The fourth-order valence-corrected chi connectivity index (χ4v) is 4.92. The van der Waals surface area contributed by atoms with Gasteiger partial charge in [0, 0.05) is 29.9 Å². The fourth-order valence-electron chi connectivity index (χ4n) is 4.92. The van der Waals surface area contributed by atoms with Crippen LogP contribution in [0.25, 0.3) is 22.3 Å². The van der Waals surface area contributed by atoms with Gasteiger partial charge in [-0.15, -0.1) is 0 Å². The van der Waals surface area contributed by atoms with Crippen LogP contribution in [-0.2, 0) is 4.74 Å². The molecule has 0 unspecified atom stereocenters. The number of methoxy groups -OCH3 is 1. The summed E-state index contributed by atoms with van der Waals surface area (Å²) in [5, 5.41) is 6.01. The Balaban J connectivity index is 1.29. The molecule has 214 valence electrons. The molecule has 2 heterocycles. The monoisotopic (exact) mass is 553 g/mol. The maximum atomic E-state index is 14.8. The van der Waals surface area contributed by atoms with Crippen molar-refractivity contribution in [3.63, 3.8) is 0 Å². The Morgan fingerprint density at radius 2 is 1.73 bits per heavy atom. The van der Waals surface area contributed by atoms with E-state index < -0.39 is 17.5 Å². The van der Waals surface area contributed by atoms with Crippen LogP contribution in [0.2, 0.25) is 0 Å². The molecule has 0 bridgehead atoms. The molecule has 10 nitrogen and oxygen atoms in total. The van der Waals surface area contributed by atoms with Crippen LogP contribution in [0.1, 0.15) is 69.7 Å². The standard InChI is InChI=1S/C29H36FN5O5/c1-29(2,3)40-28(37)35-18-9-7-17(8-10-18)34-27(36)20-13-31-26-24(32-15-33-25(20)26)19-11-21(30)23(38-4)12-22(19)39-14-16-5-6-16/h11-13,15-18,31H,5-10,14H2,1-4H3,(H,34,36)(H,35,37). The first kappa shape index (κ1) is 27.7. The Hall–Kier alpha value is -3.89. The molecule has 0 atom stereocenters. The van der Waals surface area contributed by atoms with Gasteiger partial charge in [0.05, 0.1) is 24.8 Å². The fraction of sp³-hybridized carbons (Fsp3) is 0.517. The second kappa shape index (κ2) is 11.3. The number of carbonyl (C=O) groups is 2. The summed E-state index contributed by atoms with van der Waals surface area (Å²) in [6.45, 7) is 6.02. The minimum atomic E-state index is -0.551.